The van der Waals surface area contributed by atoms with Crippen LogP contribution in [0.25, 0.3) is 0 Å². The van der Waals surface area contributed by atoms with E-state index in [1.807, 2.05) is 0 Å². The molecule has 0 aliphatic rings. The van der Waals surface area contributed by atoms with Gasteiger partial charge in [0.2, 0.25) is 11.8 Å². The fourth-order valence-corrected chi connectivity index (χ4v) is 6.63. The first-order chi connectivity index (χ1) is 32.5. The molecule has 0 spiro atoms. The first-order valence-electron chi connectivity index (χ1n) is 24.7. The van der Waals surface area contributed by atoms with E-state index < -0.39 is 17.9 Å². The number of carbonyl (C=O) groups excluding carboxylic acids is 5. The molecule has 0 heterocycles. The van der Waals surface area contributed by atoms with Crippen LogP contribution in [0, 0.1) is 5.92 Å². The number of aliphatic carboxylic acids is 2. The quantitative estimate of drug-likeness (QED) is 0.0513. The average Bonchev–Trinajstić information content (AvgIpc) is 3.29. The largest absolute Gasteiger partial charge is 0.481 e. The maximum atomic E-state index is 12.5. The normalized spacial score (nSPS) is 11.7. The van der Waals surface area contributed by atoms with E-state index in [0.29, 0.717) is 45.4 Å². The molecule has 0 unspecified atom stereocenters. The smallest absolute Gasteiger partial charge is 0.306 e. The van der Waals surface area contributed by atoms with Gasteiger partial charge >= 0.3 is 11.9 Å². The van der Waals surface area contributed by atoms with Crippen LogP contribution < -0.4 is 10.6 Å². The van der Waals surface area contributed by atoms with Gasteiger partial charge in [0, 0.05) is 64.8 Å². The zero-order valence-corrected chi connectivity index (χ0v) is 40.4. The van der Waals surface area contributed by atoms with Gasteiger partial charge in [-0.1, -0.05) is 77.0 Å². The molecule has 0 saturated carbocycles. The first kappa shape index (κ1) is 63.6. The van der Waals surface area contributed by atoms with Crippen molar-refractivity contribution in [1.82, 2.24) is 10.6 Å². The standard InChI is InChI=1S/C48H86N2O17/c51-25-30-61-26-15-18-43(53)38-66-35-33-64-29-24-50-46(56)40-67-36-31-62-27-16-19-44(54)39-65-34-32-63-28-23-49-45(55)22-21-41(48(59)60)37-42(52)17-13-11-9-7-5-3-1-2-4-6-8-10-12-14-20-47(57)58/h41,51H,1-40H2,(H,49,55)(H,50,56)(H,57,58)(H,59,60)/t41-/m1/s1. The molecule has 19 nitrogen and oxygen atoms in total. The van der Waals surface area contributed by atoms with E-state index in [0.717, 1.165) is 44.9 Å². The van der Waals surface area contributed by atoms with E-state index in [1.165, 1.54) is 44.9 Å². The van der Waals surface area contributed by atoms with Crippen molar-refractivity contribution in [2.75, 3.05) is 112 Å². The molecule has 1 atom stereocenters. The minimum absolute atomic E-state index is 0.00235. The topological polar surface area (TPSA) is 269 Å². The number of aliphatic hydroxyl groups excluding tert-OH is 1. The minimum atomic E-state index is -1.07. The van der Waals surface area contributed by atoms with Crippen LogP contribution in [-0.2, 0) is 66.7 Å². The Morgan fingerprint density at radius 2 is 0.761 bits per heavy atom. The van der Waals surface area contributed by atoms with E-state index >= 15 is 0 Å². The van der Waals surface area contributed by atoms with Crippen molar-refractivity contribution in [2.45, 2.75) is 148 Å². The molecule has 19 heteroatoms. The minimum Gasteiger partial charge on any atom is -0.481 e. The fourth-order valence-electron chi connectivity index (χ4n) is 6.63. The fraction of sp³-hybridized carbons (Fsp3) is 0.854. The molecule has 0 aromatic carbocycles. The highest BCUT2D eigenvalue weighted by Crippen LogP contribution is 2.17. The van der Waals surface area contributed by atoms with Crippen molar-refractivity contribution >= 4 is 41.1 Å². The van der Waals surface area contributed by atoms with Crippen molar-refractivity contribution in [2.24, 2.45) is 5.92 Å². The lowest BCUT2D eigenvalue weighted by Gasteiger charge is -2.12. The first-order valence-corrected chi connectivity index (χ1v) is 24.7. The highest BCUT2D eigenvalue weighted by atomic mass is 16.5. The van der Waals surface area contributed by atoms with Gasteiger partial charge in [-0.2, -0.15) is 0 Å². The number of aliphatic hydroxyl groups is 1. The summed E-state index contributed by atoms with van der Waals surface area (Å²) in [6, 6.07) is 0. The number of hydrogen-bond donors (Lipinski definition) is 5. The van der Waals surface area contributed by atoms with Crippen LogP contribution in [0.4, 0.5) is 0 Å². The Hall–Kier alpha value is -3.43. The lowest BCUT2D eigenvalue weighted by atomic mass is 9.94. The number of carbonyl (C=O) groups is 7. The number of ketones is 3. The third-order valence-electron chi connectivity index (χ3n) is 10.4. The summed E-state index contributed by atoms with van der Waals surface area (Å²) in [7, 11) is 0. The second kappa shape index (κ2) is 49.0. The van der Waals surface area contributed by atoms with Gasteiger partial charge in [0.05, 0.1) is 72.0 Å². The second-order valence-corrected chi connectivity index (χ2v) is 16.5. The predicted octanol–water partition coefficient (Wildman–Crippen LogP) is 4.79. The Balaban J connectivity index is 3.60. The van der Waals surface area contributed by atoms with Crippen LogP contribution >= 0.6 is 0 Å². The number of amides is 2. The lowest BCUT2D eigenvalue weighted by Crippen LogP contribution is -2.31. The summed E-state index contributed by atoms with van der Waals surface area (Å²) in [5.74, 6) is -3.47. The molecule has 0 bridgehead atoms. The average molecular weight is 963 g/mol. The van der Waals surface area contributed by atoms with Gasteiger partial charge in [-0.25, -0.2) is 0 Å². The van der Waals surface area contributed by atoms with Crippen LogP contribution in [-0.4, -0.2) is 169 Å². The van der Waals surface area contributed by atoms with Gasteiger partial charge < -0.3 is 59.1 Å². The summed E-state index contributed by atoms with van der Waals surface area (Å²) in [5.41, 5.74) is 0. The van der Waals surface area contributed by atoms with Gasteiger partial charge in [-0.05, 0) is 32.1 Å². The Morgan fingerprint density at radius 3 is 1.22 bits per heavy atom. The molecule has 0 aromatic heterocycles. The molecule has 0 aliphatic heterocycles. The Bertz CT molecular complexity index is 1270. The monoisotopic (exact) mass is 963 g/mol. The summed E-state index contributed by atoms with van der Waals surface area (Å²) in [6.45, 7) is 3.34. The molecular formula is C48H86N2O17. The molecular weight excluding hydrogens is 877 g/mol. The molecule has 0 radical (unpaired) electrons. The second-order valence-electron chi connectivity index (χ2n) is 16.5. The number of carboxylic acid groups (broad SMARTS) is 2. The van der Waals surface area contributed by atoms with Crippen molar-refractivity contribution in [3.8, 4) is 0 Å². The number of carboxylic acids is 2. The van der Waals surface area contributed by atoms with Gasteiger partial charge in [0.15, 0.2) is 11.6 Å². The van der Waals surface area contributed by atoms with Gasteiger partial charge in [-0.3, -0.25) is 33.6 Å². The molecule has 5 N–H and O–H groups in total. The maximum absolute atomic E-state index is 12.5. The number of hydrogen-bond acceptors (Lipinski definition) is 15. The summed E-state index contributed by atoms with van der Waals surface area (Å²) in [4.78, 5) is 82.5. The molecule has 2 amide bonds. The number of rotatable bonds is 54. The Morgan fingerprint density at radius 1 is 0.373 bits per heavy atom. The SMILES string of the molecule is O=C(O)CCCCCCCCCCCCCCCCC(=O)C[C@@H](CCC(=O)NCCOCCOCC(=O)CCCOCCOCC(=O)NCCOCCOCC(=O)CCCOCCO)C(=O)O. The molecule has 390 valence electrons. The summed E-state index contributed by atoms with van der Waals surface area (Å²) in [5, 5.41) is 32.2. The predicted molar refractivity (Wildman–Crippen MR) is 249 cm³/mol. The zero-order valence-electron chi connectivity index (χ0n) is 40.4. The van der Waals surface area contributed by atoms with E-state index in [2.05, 4.69) is 10.6 Å². The molecule has 0 aliphatic carbocycles. The van der Waals surface area contributed by atoms with E-state index in [-0.39, 0.29) is 154 Å². The Kier molecular flexibility index (Phi) is 46.5. The van der Waals surface area contributed by atoms with Gasteiger partial charge in [0.1, 0.15) is 25.6 Å². The van der Waals surface area contributed by atoms with Crippen molar-refractivity contribution in [3.63, 3.8) is 0 Å². The van der Waals surface area contributed by atoms with E-state index in [4.69, 9.17) is 43.4 Å². The maximum Gasteiger partial charge on any atom is 0.306 e. The molecule has 0 aromatic rings. The molecule has 0 rings (SSSR count). The third kappa shape index (κ3) is 48.8. The highest BCUT2D eigenvalue weighted by molar-refractivity contribution is 5.84. The van der Waals surface area contributed by atoms with Crippen molar-refractivity contribution in [3.05, 3.63) is 0 Å². The summed E-state index contributed by atoms with van der Waals surface area (Å²) in [6.07, 6.45) is 17.6. The van der Waals surface area contributed by atoms with Crippen LogP contribution in [0.1, 0.15) is 148 Å². The van der Waals surface area contributed by atoms with Crippen molar-refractivity contribution < 1.29 is 82.0 Å². The number of unbranched alkanes of at least 4 members (excludes halogenated alkanes) is 13. The third-order valence-corrected chi connectivity index (χ3v) is 10.4. The Labute approximate surface area is 398 Å². The van der Waals surface area contributed by atoms with E-state index in [9.17, 15) is 38.7 Å². The number of Topliss-reactive ketones (excluding diaryl/α,β-unsaturated/α-hetero) is 3. The van der Waals surface area contributed by atoms with E-state index in [1.54, 1.807) is 0 Å². The lowest BCUT2D eigenvalue weighted by molar-refractivity contribution is -0.144. The summed E-state index contributed by atoms with van der Waals surface area (Å²) < 4.78 is 37.2. The van der Waals surface area contributed by atoms with Crippen molar-refractivity contribution in [1.29, 1.82) is 0 Å². The van der Waals surface area contributed by atoms with Crippen LogP contribution in [0.2, 0.25) is 0 Å². The van der Waals surface area contributed by atoms with Gasteiger partial charge in [0.25, 0.3) is 0 Å². The number of nitrogens with one attached hydrogen (secondary N) is 2. The van der Waals surface area contributed by atoms with Crippen LogP contribution in [0.5, 0.6) is 0 Å². The summed E-state index contributed by atoms with van der Waals surface area (Å²) >= 11 is 0. The van der Waals surface area contributed by atoms with Crippen LogP contribution in [0.3, 0.4) is 0 Å². The molecule has 0 saturated heterocycles. The number of ether oxygens (including phenoxy) is 7. The zero-order chi connectivity index (χ0) is 49.3. The highest BCUT2D eigenvalue weighted by Gasteiger charge is 2.22. The molecule has 67 heavy (non-hydrogen) atoms. The van der Waals surface area contributed by atoms with Gasteiger partial charge in [-0.15, -0.1) is 0 Å². The van der Waals surface area contributed by atoms with Crippen LogP contribution in [0.15, 0.2) is 0 Å². The molecule has 0 fully saturated rings.